The van der Waals surface area contributed by atoms with E-state index in [9.17, 15) is 9.90 Å². The second kappa shape index (κ2) is 8.46. The number of primary amides is 1. The van der Waals surface area contributed by atoms with E-state index in [1.54, 1.807) is 6.20 Å². The molecule has 1 aromatic rings. The molecule has 0 aromatic carbocycles. The molecule has 4 rings (SSSR count). The molecule has 7 heteroatoms. The van der Waals surface area contributed by atoms with Crippen molar-refractivity contribution in [3.05, 3.63) is 11.8 Å². The number of carbonyl (C=O) groups excluding carboxylic acids is 1. The average molecular weight is 402 g/mol. The minimum Gasteiger partial charge on any atom is -0.393 e. The largest absolute Gasteiger partial charge is 0.393 e. The third-order valence-corrected chi connectivity index (χ3v) is 7.54. The zero-order chi connectivity index (χ0) is 20.4. The number of aliphatic hydroxyl groups excluding tert-OH is 1. The van der Waals surface area contributed by atoms with E-state index in [1.165, 1.54) is 38.5 Å². The number of anilines is 2. The molecule has 0 saturated heterocycles. The van der Waals surface area contributed by atoms with Crippen molar-refractivity contribution < 1.29 is 9.90 Å². The van der Waals surface area contributed by atoms with Crippen LogP contribution in [0.5, 0.6) is 0 Å². The minimum atomic E-state index is -0.532. The Morgan fingerprint density at radius 2 is 1.90 bits per heavy atom. The Morgan fingerprint density at radius 3 is 2.55 bits per heavy atom. The van der Waals surface area contributed by atoms with Crippen LogP contribution in [0.2, 0.25) is 0 Å². The maximum absolute atomic E-state index is 11.9. The number of nitrogens with one attached hydrogen (secondary N) is 2. The van der Waals surface area contributed by atoms with Crippen LogP contribution in [-0.2, 0) is 0 Å². The Bertz CT molecular complexity index is 728. The quantitative estimate of drug-likeness (QED) is 0.581. The fourth-order valence-corrected chi connectivity index (χ4v) is 5.70. The van der Waals surface area contributed by atoms with Crippen LogP contribution < -0.4 is 16.4 Å². The Morgan fingerprint density at radius 1 is 1.17 bits per heavy atom. The Hall–Kier alpha value is -1.89. The van der Waals surface area contributed by atoms with Crippen molar-refractivity contribution in [2.24, 2.45) is 17.6 Å². The van der Waals surface area contributed by atoms with Crippen LogP contribution in [0, 0.1) is 11.8 Å². The van der Waals surface area contributed by atoms with Gasteiger partial charge in [0, 0.05) is 17.8 Å². The van der Waals surface area contributed by atoms with Crippen molar-refractivity contribution in [2.75, 3.05) is 10.6 Å². The van der Waals surface area contributed by atoms with E-state index in [0.717, 1.165) is 25.7 Å². The van der Waals surface area contributed by atoms with Crippen LogP contribution in [0.25, 0.3) is 0 Å². The molecule has 0 radical (unpaired) electrons. The fourth-order valence-electron chi connectivity index (χ4n) is 5.70. The highest BCUT2D eigenvalue weighted by atomic mass is 16.3. The number of hydrogen-bond acceptors (Lipinski definition) is 6. The maximum atomic E-state index is 11.9. The van der Waals surface area contributed by atoms with Gasteiger partial charge in [0.1, 0.15) is 5.82 Å². The molecular formula is C22H35N5O2. The number of amides is 1. The summed E-state index contributed by atoms with van der Waals surface area (Å²) < 4.78 is 0. The van der Waals surface area contributed by atoms with Gasteiger partial charge in [0.25, 0.3) is 5.91 Å². The lowest BCUT2D eigenvalue weighted by Gasteiger charge is -2.37. The zero-order valence-electron chi connectivity index (χ0n) is 17.5. The van der Waals surface area contributed by atoms with Gasteiger partial charge in [-0.3, -0.25) is 4.79 Å². The van der Waals surface area contributed by atoms with Gasteiger partial charge >= 0.3 is 0 Å². The lowest BCUT2D eigenvalue weighted by atomic mass is 9.81. The van der Waals surface area contributed by atoms with Crippen LogP contribution in [-0.4, -0.2) is 38.7 Å². The van der Waals surface area contributed by atoms with Crippen molar-refractivity contribution in [3.63, 3.8) is 0 Å². The van der Waals surface area contributed by atoms with E-state index in [0.29, 0.717) is 35.6 Å². The van der Waals surface area contributed by atoms with Crippen molar-refractivity contribution >= 4 is 17.7 Å². The first-order chi connectivity index (χ1) is 14.0. The monoisotopic (exact) mass is 401 g/mol. The van der Waals surface area contributed by atoms with Gasteiger partial charge in [-0.05, 0) is 56.8 Å². The molecule has 29 heavy (non-hydrogen) atoms. The lowest BCUT2D eigenvalue weighted by Crippen LogP contribution is -2.42. The van der Waals surface area contributed by atoms with Gasteiger partial charge in [-0.1, -0.05) is 32.6 Å². The van der Waals surface area contributed by atoms with Gasteiger partial charge < -0.3 is 21.5 Å². The molecule has 5 N–H and O–H groups in total. The topological polar surface area (TPSA) is 113 Å². The number of carbonyl (C=O) groups is 1. The van der Waals surface area contributed by atoms with E-state index in [4.69, 9.17) is 10.7 Å². The molecule has 3 aliphatic rings. The van der Waals surface area contributed by atoms with Crippen molar-refractivity contribution in [3.8, 4) is 0 Å². The highest BCUT2D eigenvalue weighted by Gasteiger charge is 2.42. The van der Waals surface area contributed by atoms with E-state index in [2.05, 4.69) is 22.5 Å². The molecule has 1 aromatic heterocycles. The fraction of sp³-hybridized carbons (Fsp3) is 0.773. The number of nitrogens with zero attached hydrogens (tertiary/aromatic N) is 2. The summed E-state index contributed by atoms with van der Waals surface area (Å²) in [5, 5.41) is 17.3. The predicted octanol–water partition coefficient (Wildman–Crippen LogP) is 3.45. The molecule has 0 spiro atoms. The van der Waals surface area contributed by atoms with E-state index in [-0.39, 0.29) is 17.7 Å². The molecule has 0 aliphatic heterocycles. The number of aliphatic hydroxyl groups is 1. The summed E-state index contributed by atoms with van der Waals surface area (Å²) in [6.45, 7) is 2.08. The van der Waals surface area contributed by atoms with Crippen LogP contribution in [0.3, 0.4) is 0 Å². The summed E-state index contributed by atoms with van der Waals surface area (Å²) in [5.41, 5.74) is 5.97. The maximum Gasteiger partial charge on any atom is 0.254 e. The normalized spacial score (nSPS) is 29.7. The number of aromatic nitrogens is 2. The van der Waals surface area contributed by atoms with Gasteiger partial charge in [-0.25, -0.2) is 4.98 Å². The zero-order valence-corrected chi connectivity index (χ0v) is 17.5. The highest BCUT2D eigenvalue weighted by molar-refractivity contribution is 5.97. The summed E-state index contributed by atoms with van der Waals surface area (Å²) in [7, 11) is 0. The number of hydrogen-bond donors (Lipinski definition) is 4. The Kier molecular flexibility index (Phi) is 5.95. The average Bonchev–Trinajstić information content (AvgIpc) is 3.37. The standard InChI is InChI=1S/C22H35N5O2/c1-14-8-9-16(12-18(14)28)25-20-17(19(23)29)13-24-21(26-20)27-22(10-4-5-11-22)15-6-2-3-7-15/h13-16,18,28H,2-12H2,1H3,(H2,23,29)(H2,24,25,26,27)/t14-,16-,18-/m1/s1. The number of rotatable bonds is 6. The Labute approximate surface area is 173 Å². The van der Waals surface area contributed by atoms with Crippen LogP contribution in [0.4, 0.5) is 11.8 Å². The van der Waals surface area contributed by atoms with Crippen LogP contribution >= 0.6 is 0 Å². The van der Waals surface area contributed by atoms with Gasteiger partial charge in [0.2, 0.25) is 5.95 Å². The smallest absolute Gasteiger partial charge is 0.254 e. The first-order valence-corrected chi connectivity index (χ1v) is 11.4. The first-order valence-electron chi connectivity index (χ1n) is 11.4. The van der Waals surface area contributed by atoms with Crippen molar-refractivity contribution in [2.45, 2.75) is 95.2 Å². The third-order valence-electron chi connectivity index (χ3n) is 7.54. The second-order valence-corrected chi connectivity index (χ2v) is 9.49. The van der Waals surface area contributed by atoms with E-state index < -0.39 is 5.91 Å². The second-order valence-electron chi connectivity index (χ2n) is 9.49. The molecule has 3 fully saturated rings. The number of nitrogens with two attached hydrogens (primary N) is 1. The summed E-state index contributed by atoms with van der Waals surface area (Å²) in [6.07, 6.45) is 13.7. The molecular weight excluding hydrogens is 366 g/mol. The summed E-state index contributed by atoms with van der Waals surface area (Å²) in [6, 6.07) is 0.0809. The van der Waals surface area contributed by atoms with Crippen molar-refractivity contribution in [1.29, 1.82) is 0 Å². The van der Waals surface area contributed by atoms with Gasteiger partial charge in [0.15, 0.2) is 0 Å². The lowest BCUT2D eigenvalue weighted by molar-refractivity contribution is 0.0739. The van der Waals surface area contributed by atoms with Gasteiger partial charge in [-0.15, -0.1) is 0 Å². The predicted molar refractivity (Wildman–Crippen MR) is 114 cm³/mol. The third kappa shape index (κ3) is 4.34. The van der Waals surface area contributed by atoms with Crippen LogP contribution in [0.1, 0.15) is 87.9 Å². The molecule has 7 nitrogen and oxygen atoms in total. The molecule has 1 amide bonds. The molecule has 0 unspecified atom stereocenters. The van der Waals surface area contributed by atoms with Crippen LogP contribution in [0.15, 0.2) is 6.20 Å². The summed E-state index contributed by atoms with van der Waals surface area (Å²) >= 11 is 0. The molecule has 3 saturated carbocycles. The van der Waals surface area contributed by atoms with Gasteiger partial charge in [0.05, 0.1) is 11.7 Å². The molecule has 160 valence electrons. The van der Waals surface area contributed by atoms with E-state index in [1.807, 2.05) is 0 Å². The highest BCUT2D eigenvalue weighted by Crippen LogP contribution is 2.45. The minimum absolute atomic E-state index is 0.0809. The van der Waals surface area contributed by atoms with E-state index >= 15 is 0 Å². The molecule has 0 bridgehead atoms. The summed E-state index contributed by atoms with van der Waals surface area (Å²) in [4.78, 5) is 21.1. The molecule has 1 heterocycles. The Balaban J connectivity index is 1.55. The molecule has 3 aliphatic carbocycles. The molecule has 3 atom stereocenters. The SMILES string of the molecule is C[C@@H]1CC[C@@H](Nc2nc(NC3(C4CCCC4)CCCC3)ncc2C(N)=O)C[C@H]1O. The van der Waals surface area contributed by atoms with Crippen molar-refractivity contribution in [1.82, 2.24) is 9.97 Å². The first kappa shape index (κ1) is 20.4. The van der Waals surface area contributed by atoms with Gasteiger partial charge in [-0.2, -0.15) is 4.98 Å². The summed E-state index contributed by atoms with van der Waals surface area (Å²) in [5.74, 6) is 1.52.